The number of unbranched alkanes of at least 4 members (excludes halogenated alkanes) is 1. The fourth-order valence-electron chi connectivity index (χ4n) is 1.48. The van der Waals surface area contributed by atoms with Crippen LogP contribution in [0.15, 0.2) is 17.1 Å². The largest absolute Gasteiger partial charge is 0.385 e. The third-order valence-electron chi connectivity index (χ3n) is 2.42. The van der Waals surface area contributed by atoms with Gasteiger partial charge in [-0.2, -0.15) is 5.10 Å². The van der Waals surface area contributed by atoms with Crippen LogP contribution in [0.1, 0.15) is 26.2 Å². The van der Waals surface area contributed by atoms with E-state index in [1.54, 1.807) is 19.4 Å². The van der Waals surface area contributed by atoms with Crippen LogP contribution in [0.25, 0.3) is 0 Å². The second-order valence-corrected chi connectivity index (χ2v) is 3.93. The van der Waals surface area contributed by atoms with Crippen LogP contribution >= 0.6 is 0 Å². The lowest BCUT2D eigenvalue weighted by atomic mass is 10.3. The molecule has 1 heterocycles. The van der Waals surface area contributed by atoms with Gasteiger partial charge < -0.3 is 10.1 Å². The summed E-state index contributed by atoms with van der Waals surface area (Å²) in [6.45, 7) is 4.32. The molecule has 17 heavy (non-hydrogen) atoms. The first-order valence-corrected chi connectivity index (χ1v) is 6.08. The van der Waals surface area contributed by atoms with Crippen molar-refractivity contribution in [3.8, 4) is 0 Å². The van der Waals surface area contributed by atoms with Gasteiger partial charge in [-0.05, 0) is 19.3 Å². The van der Waals surface area contributed by atoms with E-state index in [2.05, 4.69) is 17.3 Å². The van der Waals surface area contributed by atoms with Crippen LogP contribution in [0, 0.1) is 0 Å². The number of rotatable bonds is 8. The van der Waals surface area contributed by atoms with Crippen LogP contribution < -0.4 is 10.9 Å². The van der Waals surface area contributed by atoms with Crippen molar-refractivity contribution in [2.24, 2.45) is 0 Å². The van der Waals surface area contributed by atoms with E-state index in [-0.39, 0.29) is 5.56 Å². The molecule has 0 saturated heterocycles. The van der Waals surface area contributed by atoms with Crippen molar-refractivity contribution in [1.82, 2.24) is 9.78 Å². The highest BCUT2D eigenvalue weighted by molar-refractivity contribution is 5.38. The fraction of sp³-hybridized carbons (Fsp3) is 0.667. The number of hydrogen-bond acceptors (Lipinski definition) is 4. The molecule has 0 bridgehead atoms. The van der Waals surface area contributed by atoms with Gasteiger partial charge in [0.15, 0.2) is 0 Å². The summed E-state index contributed by atoms with van der Waals surface area (Å²) >= 11 is 0. The van der Waals surface area contributed by atoms with E-state index in [4.69, 9.17) is 4.74 Å². The molecule has 5 heteroatoms. The first-order chi connectivity index (χ1) is 8.27. The topological polar surface area (TPSA) is 56.1 Å². The van der Waals surface area contributed by atoms with Gasteiger partial charge in [0.1, 0.15) is 0 Å². The highest BCUT2D eigenvalue weighted by atomic mass is 16.5. The molecule has 0 amide bonds. The molecule has 0 aromatic carbocycles. The van der Waals surface area contributed by atoms with E-state index >= 15 is 0 Å². The van der Waals surface area contributed by atoms with E-state index in [0.29, 0.717) is 6.54 Å². The second-order valence-electron chi connectivity index (χ2n) is 3.93. The van der Waals surface area contributed by atoms with Crippen LogP contribution in [-0.4, -0.2) is 30.0 Å². The van der Waals surface area contributed by atoms with Crippen LogP contribution in [0.4, 0.5) is 5.69 Å². The van der Waals surface area contributed by atoms with E-state index in [0.717, 1.165) is 38.1 Å². The maximum absolute atomic E-state index is 11.7. The Bertz CT molecular complexity index is 376. The van der Waals surface area contributed by atoms with Crippen LogP contribution in [0.3, 0.4) is 0 Å². The summed E-state index contributed by atoms with van der Waals surface area (Å²) in [7, 11) is 1.68. The van der Waals surface area contributed by atoms with Gasteiger partial charge in [-0.1, -0.05) is 6.92 Å². The number of methoxy groups -OCH3 is 1. The van der Waals surface area contributed by atoms with Crippen LogP contribution in [-0.2, 0) is 11.3 Å². The van der Waals surface area contributed by atoms with Crippen molar-refractivity contribution in [3.63, 3.8) is 0 Å². The number of aromatic nitrogens is 2. The van der Waals surface area contributed by atoms with Gasteiger partial charge >= 0.3 is 0 Å². The Morgan fingerprint density at radius 2 is 2.29 bits per heavy atom. The monoisotopic (exact) mass is 239 g/mol. The van der Waals surface area contributed by atoms with Crippen molar-refractivity contribution in [3.05, 3.63) is 22.6 Å². The third-order valence-corrected chi connectivity index (χ3v) is 2.42. The van der Waals surface area contributed by atoms with Crippen molar-refractivity contribution < 1.29 is 4.74 Å². The quantitative estimate of drug-likeness (QED) is 0.698. The Hall–Kier alpha value is -1.36. The van der Waals surface area contributed by atoms with Crippen molar-refractivity contribution in [2.75, 3.05) is 25.6 Å². The van der Waals surface area contributed by atoms with Gasteiger partial charge in [-0.15, -0.1) is 0 Å². The molecule has 0 aliphatic rings. The first-order valence-electron chi connectivity index (χ1n) is 6.08. The molecule has 1 N–H and O–H groups in total. The Labute approximate surface area is 102 Å². The molecule has 0 saturated carbocycles. The predicted molar refractivity (Wildman–Crippen MR) is 68.4 cm³/mol. The molecule has 0 aliphatic heterocycles. The summed E-state index contributed by atoms with van der Waals surface area (Å²) < 4.78 is 6.45. The number of aryl methyl sites for hydroxylation is 1. The normalized spacial score (nSPS) is 10.5. The molecule has 0 spiro atoms. The lowest BCUT2D eigenvalue weighted by molar-refractivity contribution is 0.190. The molecule has 1 aromatic rings. The molecule has 0 radical (unpaired) electrons. The molecular formula is C12H21N3O2. The predicted octanol–water partition coefficient (Wildman–Crippen LogP) is 1.49. The number of anilines is 1. The Balaban J connectivity index is 2.48. The summed E-state index contributed by atoms with van der Waals surface area (Å²) in [5, 5.41) is 7.27. The zero-order chi connectivity index (χ0) is 12.5. The third kappa shape index (κ3) is 4.99. The summed E-state index contributed by atoms with van der Waals surface area (Å²) in [5.41, 5.74) is 0.744. The Kier molecular flexibility index (Phi) is 6.32. The van der Waals surface area contributed by atoms with Gasteiger partial charge in [0.2, 0.25) is 0 Å². The standard InChI is InChI=1S/C12H21N3O2/c1-3-6-13-11-9-12(16)15(14-10-11)7-4-5-8-17-2/h9-10,13H,3-8H2,1-2H3. The molecule has 0 fully saturated rings. The van der Waals surface area contributed by atoms with E-state index in [1.165, 1.54) is 4.68 Å². The highest BCUT2D eigenvalue weighted by Gasteiger charge is 1.99. The van der Waals surface area contributed by atoms with Crippen LogP contribution in [0.5, 0.6) is 0 Å². The number of nitrogens with zero attached hydrogens (tertiary/aromatic N) is 2. The Morgan fingerprint density at radius 3 is 2.94 bits per heavy atom. The van der Waals surface area contributed by atoms with Gasteiger partial charge in [-0.25, -0.2) is 4.68 Å². The molecule has 1 rings (SSSR count). The maximum atomic E-state index is 11.7. The maximum Gasteiger partial charge on any atom is 0.268 e. The van der Waals surface area contributed by atoms with Gasteiger partial charge in [0, 0.05) is 32.9 Å². The summed E-state index contributed by atoms with van der Waals surface area (Å²) in [6, 6.07) is 1.60. The van der Waals surface area contributed by atoms with Gasteiger partial charge in [-0.3, -0.25) is 4.79 Å². The Morgan fingerprint density at radius 1 is 1.47 bits per heavy atom. The summed E-state index contributed by atoms with van der Waals surface area (Å²) in [4.78, 5) is 11.7. The zero-order valence-corrected chi connectivity index (χ0v) is 10.6. The minimum Gasteiger partial charge on any atom is -0.385 e. The van der Waals surface area contributed by atoms with Crippen molar-refractivity contribution in [1.29, 1.82) is 0 Å². The summed E-state index contributed by atoms with van der Waals surface area (Å²) in [5.74, 6) is 0. The number of ether oxygens (including phenoxy) is 1. The molecule has 96 valence electrons. The van der Waals surface area contributed by atoms with E-state index in [1.807, 2.05) is 0 Å². The minimum absolute atomic E-state index is 0.0523. The van der Waals surface area contributed by atoms with Gasteiger partial charge in [0.25, 0.3) is 5.56 Å². The van der Waals surface area contributed by atoms with Crippen LogP contribution in [0.2, 0.25) is 0 Å². The highest BCUT2D eigenvalue weighted by Crippen LogP contribution is 2.00. The fourth-order valence-corrected chi connectivity index (χ4v) is 1.48. The van der Waals surface area contributed by atoms with Gasteiger partial charge in [0.05, 0.1) is 11.9 Å². The lowest BCUT2D eigenvalue weighted by Crippen LogP contribution is -2.22. The second kappa shape index (κ2) is 7.84. The van der Waals surface area contributed by atoms with E-state index < -0.39 is 0 Å². The molecule has 0 aliphatic carbocycles. The molecule has 5 nitrogen and oxygen atoms in total. The van der Waals surface area contributed by atoms with Crippen molar-refractivity contribution in [2.45, 2.75) is 32.7 Å². The summed E-state index contributed by atoms with van der Waals surface area (Å²) in [6.07, 6.45) is 4.58. The number of nitrogens with one attached hydrogen (secondary N) is 1. The van der Waals surface area contributed by atoms with E-state index in [9.17, 15) is 4.79 Å². The lowest BCUT2D eigenvalue weighted by Gasteiger charge is -2.07. The van der Waals surface area contributed by atoms with Crippen molar-refractivity contribution >= 4 is 5.69 Å². The molecular weight excluding hydrogens is 218 g/mol. The SMILES string of the molecule is CCCNc1cnn(CCCCOC)c(=O)c1. The number of hydrogen-bond donors (Lipinski definition) is 1. The smallest absolute Gasteiger partial charge is 0.268 e. The molecule has 1 aromatic heterocycles. The minimum atomic E-state index is -0.0523. The first kappa shape index (κ1) is 13.7. The average molecular weight is 239 g/mol. The molecule has 0 atom stereocenters. The zero-order valence-electron chi connectivity index (χ0n) is 10.6. The molecule has 0 unspecified atom stereocenters. The average Bonchev–Trinajstić information content (AvgIpc) is 2.34.